The number of phosphoric acid groups is 1. The van der Waals surface area contributed by atoms with Crippen LogP contribution in [0.1, 0.15) is 309 Å². The maximum absolute atomic E-state index is 12.8. The molecule has 0 aromatic carbocycles. The zero-order chi connectivity index (χ0) is 55.6. The Morgan fingerprint density at radius 3 is 1.04 bits per heavy atom. The summed E-state index contributed by atoms with van der Waals surface area (Å²) in [6.07, 6.45) is 73.4. The fraction of sp³-hybridized carbons (Fsp3) is 0.848. The summed E-state index contributed by atoms with van der Waals surface area (Å²) in [4.78, 5) is 35.8. The second-order valence-corrected chi connectivity index (χ2v) is 24.6. The van der Waals surface area contributed by atoms with E-state index in [9.17, 15) is 19.0 Å². The highest BCUT2D eigenvalue weighted by Gasteiger charge is 2.27. The number of carbonyl (C=O) groups excluding carboxylic acids is 2. The van der Waals surface area contributed by atoms with E-state index < -0.39 is 26.5 Å². The molecule has 0 aromatic rings. The van der Waals surface area contributed by atoms with Crippen molar-refractivity contribution in [3.05, 3.63) is 48.6 Å². The van der Waals surface area contributed by atoms with Gasteiger partial charge in [0.25, 0.3) is 0 Å². The van der Waals surface area contributed by atoms with Crippen LogP contribution in [0.15, 0.2) is 48.6 Å². The first kappa shape index (κ1) is 74.0. The third-order valence-corrected chi connectivity index (χ3v) is 15.3. The maximum atomic E-state index is 12.8. The molecule has 0 heterocycles. The number of quaternary nitrogens is 1. The van der Waals surface area contributed by atoms with E-state index in [0.717, 1.165) is 44.9 Å². The SMILES string of the molecule is CCCCCCC/C=C\C/C=C\CCCCCCCCCCCCCCCCCCCCCC(=O)OC(COC(=O)CCCCCCCCCCC/C=C\C/C=C\CCCCCCC)COP(=O)(O)OCC[N+](C)(C)C. The predicted molar refractivity (Wildman–Crippen MR) is 326 cm³/mol. The molecule has 446 valence electrons. The number of carbonyl (C=O) groups is 2. The van der Waals surface area contributed by atoms with Gasteiger partial charge in [-0.15, -0.1) is 0 Å². The van der Waals surface area contributed by atoms with E-state index in [1.165, 1.54) is 231 Å². The van der Waals surface area contributed by atoms with Gasteiger partial charge in [0.15, 0.2) is 6.10 Å². The van der Waals surface area contributed by atoms with E-state index >= 15 is 0 Å². The summed E-state index contributed by atoms with van der Waals surface area (Å²) in [7, 11) is 1.49. The molecule has 0 amide bonds. The van der Waals surface area contributed by atoms with Crippen LogP contribution in [0.25, 0.3) is 0 Å². The highest BCUT2D eigenvalue weighted by atomic mass is 31.2. The molecular weight excluding hydrogens is 966 g/mol. The van der Waals surface area contributed by atoms with Crippen molar-refractivity contribution >= 4 is 19.8 Å². The van der Waals surface area contributed by atoms with Gasteiger partial charge in [-0.1, -0.05) is 268 Å². The Hall–Kier alpha value is -2.03. The predicted octanol–water partition coefficient (Wildman–Crippen LogP) is 20.5. The largest absolute Gasteiger partial charge is 0.472 e. The summed E-state index contributed by atoms with van der Waals surface area (Å²) < 4.78 is 34.7. The average Bonchev–Trinajstić information content (AvgIpc) is 3.38. The highest BCUT2D eigenvalue weighted by molar-refractivity contribution is 7.47. The summed E-state index contributed by atoms with van der Waals surface area (Å²) in [5.41, 5.74) is 0. The van der Waals surface area contributed by atoms with Crippen LogP contribution in [0.3, 0.4) is 0 Å². The van der Waals surface area contributed by atoms with Gasteiger partial charge in [-0.2, -0.15) is 0 Å². The second-order valence-electron chi connectivity index (χ2n) is 23.1. The van der Waals surface area contributed by atoms with Crippen LogP contribution in [0, 0.1) is 0 Å². The van der Waals surface area contributed by atoms with Crippen LogP contribution in [0.2, 0.25) is 0 Å². The van der Waals surface area contributed by atoms with Crippen molar-refractivity contribution in [1.82, 2.24) is 0 Å². The molecule has 0 aliphatic carbocycles. The van der Waals surface area contributed by atoms with Gasteiger partial charge in [-0.05, 0) is 77.0 Å². The number of nitrogens with zero attached hydrogens (tertiary/aromatic N) is 1. The minimum Gasteiger partial charge on any atom is -0.462 e. The van der Waals surface area contributed by atoms with Crippen LogP contribution in [0.4, 0.5) is 0 Å². The molecule has 0 spiro atoms. The first-order valence-electron chi connectivity index (χ1n) is 32.4. The number of ether oxygens (including phenoxy) is 2. The van der Waals surface area contributed by atoms with E-state index in [-0.39, 0.29) is 32.0 Å². The fourth-order valence-corrected chi connectivity index (χ4v) is 10.1. The Morgan fingerprint density at radius 2 is 0.711 bits per heavy atom. The molecule has 2 atom stereocenters. The van der Waals surface area contributed by atoms with Crippen LogP contribution in [0.5, 0.6) is 0 Å². The molecule has 0 fully saturated rings. The monoisotopic (exact) mass is 1090 g/mol. The molecule has 2 unspecified atom stereocenters. The van der Waals surface area contributed by atoms with E-state index in [0.29, 0.717) is 17.4 Å². The summed E-state index contributed by atoms with van der Waals surface area (Å²) in [6, 6.07) is 0. The van der Waals surface area contributed by atoms with Crippen LogP contribution in [-0.4, -0.2) is 74.9 Å². The number of hydrogen-bond donors (Lipinski definition) is 1. The second kappa shape index (κ2) is 57.6. The number of likely N-dealkylation sites (N-methyl/N-ethyl adjacent to an activating group) is 1. The molecule has 0 saturated heterocycles. The first-order chi connectivity index (χ1) is 37.0. The zero-order valence-electron chi connectivity index (χ0n) is 50.8. The lowest BCUT2D eigenvalue weighted by atomic mass is 10.0. The standard InChI is InChI=1S/C66H124NO8P/c1-6-8-10-12-14-16-18-20-22-24-26-28-29-30-31-32-33-34-35-36-37-39-41-43-45-47-49-51-53-55-57-59-66(69)75-64(63-74-76(70,71)73-61-60-67(3,4)5)62-72-65(68)58-56-54-52-50-48-46-44-42-40-38-27-25-23-21-19-17-15-13-11-9-7-2/h18-21,24-27,64H,6-17,22-23,28-63H2,1-5H3/p+1/b20-18-,21-19-,26-24-,27-25-. The summed E-state index contributed by atoms with van der Waals surface area (Å²) in [6.45, 7) is 4.45. The van der Waals surface area contributed by atoms with E-state index in [2.05, 4.69) is 62.5 Å². The molecular formula is C66H125NO8P+. The van der Waals surface area contributed by atoms with E-state index in [1.54, 1.807) is 0 Å². The Labute approximate surface area is 471 Å². The summed E-state index contributed by atoms with van der Waals surface area (Å²) in [5, 5.41) is 0. The van der Waals surface area contributed by atoms with Gasteiger partial charge in [0, 0.05) is 12.8 Å². The van der Waals surface area contributed by atoms with Crippen molar-refractivity contribution in [3.8, 4) is 0 Å². The fourth-order valence-electron chi connectivity index (χ4n) is 9.31. The molecule has 0 rings (SSSR count). The van der Waals surface area contributed by atoms with E-state index in [1.807, 2.05) is 21.1 Å². The van der Waals surface area contributed by atoms with Crippen molar-refractivity contribution in [2.45, 2.75) is 315 Å². The molecule has 0 aromatic heterocycles. The molecule has 10 heteroatoms. The van der Waals surface area contributed by atoms with Crippen molar-refractivity contribution in [2.24, 2.45) is 0 Å². The van der Waals surface area contributed by atoms with Gasteiger partial charge in [0.2, 0.25) is 0 Å². The van der Waals surface area contributed by atoms with Gasteiger partial charge in [-0.25, -0.2) is 4.57 Å². The minimum atomic E-state index is -4.39. The number of allylic oxidation sites excluding steroid dienone is 8. The number of phosphoric ester groups is 1. The Bertz CT molecular complexity index is 1420. The van der Waals surface area contributed by atoms with Crippen molar-refractivity contribution in [1.29, 1.82) is 0 Å². The molecule has 0 bridgehead atoms. The van der Waals surface area contributed by atoms with Crippen LogP contribution >= 0.6 is 7.82 Å². The molecule has 0 saturated carbocycles. The van der Waals surface area contributed by atoms with Gasteiger partial charge in [0.05, 0.1) is 27.7 Å². The normalized spacial score (nSPS) is 13.5. The lowest BCUT2D eigenvalue weighted by molar-refractivity contribution is -0.870. The highest BCUT2D eigenvalue weighted by Crippen LogP contribution is 2.43. The van der Waals surface area contributed by atoms with Gasteiger partial charge in [-0.3, -0.25) is 18.6 Å². The maximum Gasteiger partial charge on any atom is 0.472 e. The van der Waals surface area contributed by atoms with Gasteiger partial charge in [0.1, 0.15) is 19.8 Å². The third-order valence-electron chi connectivity index (χ3n) is 14.3. The van der Waals surface area contributed by atoms with E-state index in [4.69, 9.17) is 18.5 Å². The van der Waals surface area contributed by atoms with Crippen LogP contribution in [-0.2, 0) is 32.7 Å². The van der Waals surface area contributed by atoms with Crippen molar-refractivity contribution in [3.63, 3.8) is 0 Å². The number of esters is 2. The van der Waals surface area contributed by atoms with Crippen molar-refractivity contribution in [2.75, 3.05) is 47.5 Å². The topological polar surface area (TPSA) is 108 Å². The molecule has 0 radical (unpaired) electrons. The third kappa shape index (κ3) is 61.2. The smallest absolute Gasteiger partial charge is 0.462 e. The molecule has 1 N–H and O–H groups in total. The van der Waals surface area contributed by atoms with Gasteiger partial charge >= 0.3 is 19.8 Å². The average molecular weight is 1090 g/mol. The molecule has 0 aliphatic heterocycles. The first-order valence-corrected chi connectivity index (χ1v) is 33.9. The van der Waals surface area contributed by atoms with Crippen molar-refractivity contribution < 1.29 is 42.1 Å². The Balaban J connectivity index is 4.05. The Morgan fingerprint density at radius 1 is 0.408 bits per heavy atom. The van der Waals surface area contributed by atoms with Gasteiger partial charge < -0.3 is 18.9 Å². The molecule has 0 aliphatic rings. The molecule has 9 nitrogen and oxygen atoms in total. The zero-order valence-corrected chi connectivity index (χ0v) is 51.6. The quantitative estimate of drug-likeness (QED) is 0.0211. The summed E-state index contributed by atoms with van der Waals surface area (Å²) in [5.74, 6) is -0.789. The molecule has 76 heavy (non-hydrogen) atoms. The Kier molecular flexibility index (Phi) is 56.1. The number of hydrogen-bond acceptors (Lipinski definition) is 7. The number of unbranched alkanes of at least 4 members (excludes halogenated alkanes) is 38. The lowest BCUT2D eigenvalue weighted by Crippen LogP contribution is -2.37. The minimum absolute atomic E-state index is 0.0318. The van der Waals surface area contributed by atoms with Crippen LogP contribution < -0.4 is 0 Å². The summed E-state index contributed by atoms with van der Waals surface area (Å²) >= 11 is 0. The lowest BCUT2D eigenvalue weighted by Gasteiger charge is -2.24. The number of rotatable bonds is 60.